The summed E-state index contributed by atoms with van der Waals surface area (Å²) in [6.45, 7) is 1.79. The molecular formula is C18H18ClF2N3O2. The molecule has 26 heavy (non-hydrogen) atoms. The fourth-order valence-electron chi connectivity index (χ4n) is 2.95. The Kier molecular flexibility index (Phi) is 5.38. The fourth-order valence-corrected chi connectivity index (χ4v) is 3.11. The van der Waals surface area contributed by atoms with E-state index in [4.69, 9.17) is 11.6 Å². The van der Waals surface area contributed by atoms with Crippen molar-refractivity contribution in [2.24, 2.45) is 0 Å². The molecule has 1 aliphatic heterocycles. The van der Waals surface area contributed by atoms with E-state index in [0.717, 1.165) is 38.1 Å². The molecule has 1 fully saturated rings. The van der Waals surface area contributed by atoms with Gasteiger partial charge in [0.15, 0.2) is 5.82 Å². The first-order valence-corrected chi connectivity index (χ1v) is 8.60. The quantitative estimate of drug-likeness (QED) is 0.632. The van der Waals surface area contributed by atoms with Crippen molar-refractivity contribution in [3.63, 3.8) is 0 Å². The lowest BCUT2D eigenvalue weighted by molar-refractivity contribution is 0.0912. The lowest BCUT2D eigenvalue weighted by Crippen LogP contribution is -2.43. The van der Waals surface area contributed by atoms with Crippen molar-refractivity contribution in [1.29, 1.82) is 0 Å². The molecule has 1 aliphatic rings. The molecule has 3 rings (SSSR count). The monoisotopic (exact) mass is 381 g/mol. The minimum atomic E-state index is -1.12. The number of rotatable bonds is 4. The molecule has 2 heterocycles. The zero-order valence-electron chi connectivity index (χ0n) is 14.1. The highest BCUT2D eigenvalue weighted by molar-refractivity contribution is 6.31. The van der Waals surface area contributed by atoms with Crippen molar-refractivity contribution < 1.29 is 18.4 Å². The van der Waals surface area contributed by atoms with Gasteiger partial charge in [0.05, 0.1) is 10.6 Å². The maximum Gasteiger partial charge on any atom is 0.267 e. The van der Waals surface area contributed by atoms with Crippen LogP contribution in [0.3, 0.4) is 0 Å². The topological polar surface area (TPSA) is 65.2 Å². The predicted octanol–water partition coefficient (Wildman–Crippen LogP) is 3.00. The van der Waals surface area contributed by atoms with Gasteiger partial charge in [-0.05, 0) is 51.2 Å². The fraction of sp³-hybridized carbons (Fsp3) is 0.333. The number of aromatic nitrogens is 1. The first-order valence-electron chi connectivity index (χ1n) is 8.23. The molecule has 0 saturated carbocycles. The normalized spacial score (nSPS) is 15.8. The number of carbonyl (C=O) groups excluding carboxylic acids is 2. The van der Waals surface area contributed by atoms with Crippen molar-refractivity contribution in [2.45, 2.75) is 18.9 Å². The van der Waals surface area contributed by atoms with Crippen LogP contribution in [0.1, 0.15) is 39.3 Å². The van der Waals surface area contributed by atoms with Crippen LogP contribution < -0.4 is 5.32 Å². The summed E-state index contributed by atoms with van der Waals surface area (Å²) in [4.78, 5) is 29.6. The zero-order valence-corrected chi connectivity index (χ0v) is 14.9. The van der Waals surface area contributed by atoms with Gasteiger partial charge in [0.25, 0.3) is 5.91 Å². The molecule has 0 aliphatic carbocycles. The zero-order chi connectivity index (χ0) is 18.8. The summed E-state index contributed by atoms with van der Waals surface area (Å²) in [6, 6.07) is 3.32. The molecule has 0 unspecified atom stereocenters. The highest BCUT2D eigenvalue weighted by Gasteiger charge is 2.24. The number of aromatic amines is 1. The van der Waals surface area contributed by atoms with Gasteiger partial charge >= 0.3 is 0 Å². The number of hydrogen-bond acceptors (Lipinski definition) is 3. The lowest BCUT2D eigenvalue weighted by atomic mass is 10.0. The first kappa shape index (κ1) is 18.5. The number of hydrogen-bond donors (Lipinski definition) is 2. The Balaban J connectivity index is 1.74. The van der Waals surface area contributed by atoms with E-state index >= 15 is 0 Å². The standard InChI is InChI=1S/C18H18ClF2N3O2/c1-24-6-4-11(5-7-24)23-18(26)14-8-10(9-22-14)17(25)15-13(20)3-2-12(19)16(15)21/h2-3,8-9,11,22H,4-7H2,1H3,(H,23,26). The van der Waals surface area contributed by atoms with E-state index < -0.39 is 23.0 Å². The van der Waals surface area contributed by atoms with Gasteiger partial charge in [-0.25, -0.2) is 8.78 Å². The van der Waals surface area contributed by atoms with E-state index in [-0.39, 0.29) is 28.2 Å². The van der Waals surface area contributed by atoms with E-state index in [1.807, 2.05) is 7.05 Å². The number of benzene rings is 1. The second kappa shape index (κ2) is 7.55. The molecule has 0 bridgehead atoms. The van der Waals surface area contributed by atoms with E-state index in [9.17, 15) is 18.4 Å². The number of likely N-dealkylation sites (tertiary alicyclic amines) is 1. The van der Waals surface area contributed by atoms with Crippen molar-refractivity contribution in [3.8, 4) is 0 Å². The maximum atomic E-state index is 14.0. The van der Waals surface area contributed by atoms with Gasteiger partial charge in [-0.2, -0.15) is 0 Å². The van der Waals surface area contributed by atoms with Gasteiger partial charge in [-0.15, -0.1) is 0 Å². The molecule has 2 N–H and O–H groups in total. The third-order valence-corrected chi connectivity index (χ3v) is 4.81. The number of amides is 1. The van der Waals surface area contributed by atoms with E-state index in [0.29, 0.717) is 0 Å². The van der Waals surface area contributed by atoms with Gasteiger partial charge in [-0.3, -0.25) is 9.59 Å². The third-order valence-electron chi connectivity index (χ3n) is 4.51. The summed E-state index contributed by atoms with van der Waals surface area (Å²) in [7, 11) is 2.02. The Hall–Kier alpha value is -2.25. The molecule has 8 heteroatoms. The summed E-state index contributed by atoms with van der Waals surface area (Å²) in [5.41, 5.74) is -0.590. The highest BCUT2D eigenvalue weighted by Crippen LogP contribution is 2.24. The Bertz CT molecular complexity index is 845. The van der Waals surface area contributed by atoms with Gasteiger partial charge in [0, 0.05) is 17.8 Å². The minimum Gasteiger partial charge on any atom is -0.356 e. The van der Waals surface area contributed by atoms with Crippen LogP contribution in [0.15, 0.2) is 24.4 Å². The third kappa shape index (κ3) is 3.78. The van der Waals surface area contributed by atoms with Crippen LogP contribution in [-0.4, -0.2) is 47.8 Å². The van der Waals surface area contributed by atoms with Crippen LogP contribution in [0.2, 0.25) is 5.02 Å². The molecule has 1 amide bonds. The summed E-state index contributed by atoms with van der Waals surface area (Å²) < 4.78 is 27.9. The number of H-pyrrole nitrogens is 1. The van der Waals surface area contributed by atoms with E-state index in [1.165, 1.54) is 12.3 Å². The number of nitrogens with one attached hydrogen (secondary N) is 2. The maximum absolute atomic E-state index is 14.0. The van der Waals surface area contributed by atoms with Gasteiger partial charge in [-0.1, -0.05) is 11.6 Å². The van der Waals surface area contributed by atoms with Gasteiger partial charge in [0.2, 0.25) is 5.78 Å². The summed E-state index contributed by atoms with van der Waals surface area (Å²) in [5, 5.41) is 2.56. The molecule has 1 saturated heterocycles. The van der Waals surface area contributed by atoms with Crippen LogP contribution >= 0.6 is 11.6 Å². The van der Waals surface area contributed by atoms with Crippen LogP contribution in [0.4, 0.5) is 8.78 Å². The van der Waals surface area contributed by atoms with Crippen molar-refractivity contribution in [1.82, 2.24) is 15.2 Å². The second-order valence-corrected chi connectivity index (χ2v) is 6.81. The average Bonchev–Trinajstić information content (AvgIpc) is 3.11. The van der Waals surface area contributed by atoms with Crippen molar-refractivity contribution in [3.05, 3.63) is 57.9 Å². The molecule has 2 aromatic rings. The molecule has 138 valence electrons. The molecule has 5 nitrogen and oxygen atoms in total. The smallest absolute Gasteiger partial charge is 0.267 e. The summed E-state index contributed by atoms with van der Waals surface area (Å²) in [5.74, 6) is -3.35. The number of ketones is 1. The van der Waals surface area contributed by atoms with Crippen LogP contribution in [0.25, 0.3) is 0 Å². The summed E-state index contributed by atoms with van der Waals surface area (Å²) in [6.07, 6.45) is 2.94. The average molecular weight is 382 g/mol. The largest absolute Gasteiger partial charge is 0.356 e. The molecule has 1 aromatic heterocycles. The SMILES string of the molecule is CN1CCC(NC(=O)c2cc(C(=O)c3c(F)ccc(Cl)c3F)c[nH]2)CC1. The molecule has 0 atom stereocenters. The van der Waals surface area contributed by atoms with E-state index in [2.05, 4.69) is 15.2 Å². The van der Waals surface area contributed by atoms with Crippen molar-refractivity contribution in [2.75, 3.05) is 20.1 Å². The Morgan fingerprint density at radius 2 is 1.96 bits per heavy atom. The summed E-state index contributed by atoms with van der Waals surface area (Å²) >= 11 is 5.62. The highest BCUT2D eigenvalue weighted by atomic mass is 35.5. The van der Waals surface area contributed by atoms with Crippen LogP contribution in [0, 0.1) is 11.6 Å². The lowest BCUT2D eigenvalue weighted by Gasteiger charge is -2.29. The molecule has 1 aromatic carbocycles. The number of piperidine rings is 1. The predicted molar refractivity (Wildman–Crippen MR) is 93.6 cm³/mol. The molecule has 0 spiro atoms. The molecule has 0 radical (unpaired) electrons. The van der Waals surface area contributed by atoms with Crippen LogP contribution in [0.5, 0.6) is 0 Å². The Morgan fingerprint density at radius 1 is 1.27 bits per heavy atom. The van der Waals surface area contributed by atoms with E-state index in [1.54, 1.807) is 0 Å². The first-order chi connectivity index (χ1) is 12.4. The second-order valence-electron chi connectivity index (χ2n) is 6.40. The van der Waals surface area contributed by atoms with Crippen molar-refractivity contribution >= 4 is 23.3 Å². The number of halogens is 3. The number of carbonyl (C=O) groups is 2. The minimum absolute atomic E-state index is 0.0152. The van der Waals surface area contributed by atoms with Gasteiger partial charge in [0.1, 0.15) is 11.5 Å². The Labute approximate surface area is 154 Å². The van der Waals surface area contributed by atoms with Gasteiger partial charge < -0.3 is 15.2 Å². The molecular weight excluding hydrogens is 364 g/mol. The Morgan fingerprint density at radius 3 is 2.65 bits per heavy atom. The van der Waals surface area contributed by atoms with Crippen LogP contribution in [-0.2, 0) is 0 Å². The number of nitrogens with zero attached hydrogens (tertiary/aromatic N) is 1.